The Morgan fingerprint density at radius 1 is 0.850 bits per heavy atom. The fourth-order valence-corrected chi connectivity index (χ4v) is 2.10. The number of hydrogen-bond donors (Lipinski definition) is 1. The van der Waals surface area contributed by atoms with Gasteiger partial charge < -0.3 is 14.9 Å². The van der Waals surface area contributed by atoms with Crippen LogP contribution in [0.1, 0.15) is 0 Å². The standard InChI is InChI=1S/C17H15NO2/c1-19-15-7-5-12(6-8-15)16-9-10-17(20-16)13-3-2-4-14(18)11-13/h2-11H,18H2,1H3. The Morgan fingerprint density at radius 3 is 2.20 bits per heavy atom. The number of nitrogen functional groups attached to an aromatic ring is 1. The highest BCUT2D eigenvalue weighted by Crippen LogP contribution is 2.30. The smallest absolute Gasteiger partial charge is 0.134 e. The molecular formula is C17H15NO2. The van der Waals surface area contributed by atoms with Gasteiger partial charge in [0.2, 0.25) is 0 Å². The van der Waals surface area contributed by atoms with Gasteiger partial charge in [0.05, 0.1) is 7.11 Å². The van der Waals surface area contributed by atoms with Gasteiger partial charge in [-0.1, -0.05) is 12.1 Å². The summed E-state index contributed by atoms with van der Waals surface area (Å²) in [6.45, 7) is 0. The minimum absolute atomic E-state index is 0.727. The zero-order chi connectivity index (χ0) is 13.9. The molecule has 0 fully saturated rings. The van der Waals surface area contributed by atoms with Crippen LogP contribution in [0.4, 0.5) is 5.69 Å². The summed E-state index contributed by atoms with van der Waals surface area (Å²) in [5.41, 5.74) is 8.51. The normalized spacial score (nSPS) is 10.4. The van der Waals surface area contributed by atoms with E-state index in [1.807, 2.05) is 60.7 Å². The van der Waals surface area contributed by atoms with Crippen LogP contribution >= 0.6 is 0 Å². The highest BCUT2D eigenvalue weighted by atomic mass is 16.5. The van der Waals surface area contributed by atoms with E-state index in [2.05, 4.69) is 0 Å². The minimum Gasteiger partial charge on any atom is -0.497 e. The number of hydrogen-bond acceptors (Lipinski definition) is 3. The van der Waals surface area contributed by atoms with Crippen molar-refractivity contribution in [1.82, 2.24) is 0 Å². The van der Waals surface area contributed by atoms with Crippen molar-refractivity contribution in [2.24, 2.45) is 0 Å². The van der Waals surface area contributed by atoms with Crippen LogP contribution in [0.15, 0.2) is 65.1 Å². The fraction of sp³-hybridized carbons (Fsp3) is 0.0588. The summed E-state index contributed by atoms with van der Waals surface area (Å²) >= 11 is 0. The van der Waals surface area contributed by atoms with Gasteiger partial charge in [-0.25, -0.2) is 0 Å². The van der Waals surface area contributed by atoms with Crippen LogP contribution in [0.5, 0.6) is 5.75 Å². The van der Waals surface area contributed by atoms with E-state index in [-0.39, 0.29) is 0 Å². The highest BCUT2D eigenvalue weighted by molar-refractivity contribution is 5.67. The van der Waals surface area contributed by atoms with Gasteiger partial charge in [0, 0.05) is 16.8 Å². The highest BCUT2D eigenvalue weighted by Gasteiger charge is 2.07. The van der Waals surface area contributed by atoms with Gasteiger partial charge in [-0.15, -0.1) is 0 Å². The summed E-state index contributed by atoms with van der Waals surface area (Å²) in [4.78, 5) is 0. The molecule has 0 spiro atoms. The lowest BCUT2D eigenvalue weighted by atomic mass is 10.1. The van der Waals surface area contributed by atoms with Crippen molar-refractivity contribution in [1.29, 1.82) is 0 Å². The lowest BCUT2D eigenvalue weighted by Crippen LogP contribution is -1.83. The molecule has 3 aromatic rings. The Bertz CT molecular complexity index is 714. The van der Waals surface area contributed by atoms with E-state index in [0.717, 1.165) is 34.1 Å². The molecule has 3 nitrogen and oxygen atoms in total. The molecule has 0 aliphatic rings. The molecule has 3 heteroatoms. The van der Waals surface area contributed by atoms with Crippen molar-refractivity contribution < 1.29 is 9.15 Å². The fourth-order valence-electron chi connectivity index (χ4n) is 2.10. The van der Waals surface area contributed by atoms with E-state index in [4.69, 9.17) is 14.9 Å². The molecular weight excluding hydrogens is 250 g/mol. The van der Waals surface area contributed by atoms with Crippen molar-refractivity contribution in [2.75, 3.05) is 12.8 Å². The molecule has 20 heavy (non-hydrogen) atoms. The topological polar surface area (TPSA) is 48.4 Å². The molecule has 0 bridgehead atoms. The van der Waals surface area contributed by atoms with Crippen LogP contribution in [0.3, 0.4) is 0 Å². The number of anilines is 1. The van der Waals surface area contributed by atoms with Crippen LogP contribution in [0.25, 0.3) is 22.6 Å². The number of ether oxygens (including phenoxy) is 1. The molecule has 0 unspecified atom stereocenters. The zero-order valence-electron chi connectivity index (χ0n) is 11.2. The summed E-state index contributed by atoms with van der Waals surface area (Å²) in [6, 6.07) is 19.3. The molecule has 2 N–H and O–H groups in total. The lowest BCUT2D eigenvalue weighted by Gasteiger charge is -2.01. The second kappa shape index (κ2) is 5.13. The summed E-state index contributed by atoms with van der Waals surface area (Å²) in [5.74, 6) is 2.46. The number of nitrogens with two attached hydrogens (primary N) is 1. The van der Waals surface area contributed by atoms with Crippen molar-refractivity contribution in [3.8, 4) is 28.4 Å². The van der Waals surface area contributed by atoms with Crippen LogP contribution < -0.4 is 10.5 Å². The zero-order valence-corrected chi connectivity index (χ0v) is 11.2. The average Bonchev–Trinajstić information content (AvgIpc) is 2.97. The Hall–Kier alpha value is -2.68. The van der Waals surface area contributed by atoms with Crippen molar-refractivity contribution in [3.63, 3.8) is 0 Å². The van der Waals surface area contributed by atoms with E-state index in [9.17, 15) is 0 Å². The molecule has 3 rings (SSSR count). The molecule has 0 aliphatic carbocycles. The van der Waals surface area contributed by atoms with Gasteiger partial charge in [-0.3, -0.25) is 0 Å². The van der Waals surface area contributed by atoms with E-state index >= 15 is 0 Å². The first-order chi connectivity index (χ1) is 9.76. The second-order valence-electron chi connectivity index (χ2n) is 4.52. The summed E-state index contributed by atoms with van der Waals surface area (Å²) in [7, 11) is 1.65. The molecule has 0 aliphatic heterocycles. The van der Waals surface area contributed by atoms with Crippen LogP contribution in [-0.4, -0.2) is 7.11 Å². The van der Waals surface area contributed by atoms with Gasteiger partial charge in [-0.05, 0) is 48.5 Å². The Morgan fingerprint density at radius 2 is 1.55 bits per heavy atom. The molecule has 0 radical (unpaired) electrons. The SMILES string of the molecule is COc1ccc(-c2ccc(-c3cccc(N)c3)o2)cc1. The van der Waals surface area contributed by atoms with Crippen LogP contribution in [-0.2, 0) is 0 Å². The molecule has 100 valence electrons. The molecule has 2 aromatic carbocycles. The van der Waals surface area contributed by atoms with E-state index in [1.165, 1.54) is 0 Å². The molecule has 1 heterocycles. The van der Waals surface area contributed by atoms with Gasteiger partial charge in [0.1, 0.15) is 17.3 Å². The molecule has 0 saturated heterocycles. The van der Waals surface area contributed by atoms with Crippen molar-refractivity contribution in [3.05, 3.63) is 60.7 Å². The summed E-state index contributed by atoms with van der Waals surface area (Å²) < 4.78 is 11.0. The van der Waals surface area contributed by atoms with Gasteiger partial charge in [0.15, 0.2) is 0 Å². The summed E-state index contributed by atoms with van der Waals surface area (Å²) in [6.07, 6.45) is 0. The monoisotopic (exact) mass is 265 g/mol. The third-order valence-electron chi connectivity index (χ3n) is 3.15. The Labute approximate surface area is 117 Å². The van der Waals surface area contributed by atoms with Crippen LogP contribution in [0, 0.1) is 0 Å². The largest absolute Gasteiger partial charge is 0.497 e. The second-order valence-corrected chi connectivity index (χ2v) is 4.52. The number of benzene rings is 2. The van der Waals surface area contributed by atoms with Gasteiger partial charge >= 0.3 is 0 Å². The maximum absolute atomic E-state index is 5.89. The molecule has 0 saturated carbocycles. The third-order valence-corrected chi connectivity index (χ3v) is 3.15. The first-order valence-corrected chi connectivity index (χ1v) is 6.36. The number of methoxy groups -OCH3 is 1. The lowest BCUT2D eigenvalue weighted by molar-refractivity contribution is 0.415. The maximum atomic E-state index is 5.89. The Kier molecular flexibility index (Phi) is 3.17. The minimum atomic E-state index is 0.727. The van der Waals surface area contributed by atoms with E-state index in [0.29, 0.717) is 0 Å². The summed E-state index contributed by atoms with van der Waals surface area (Å²) in [5, 5.41) is 0. The number of rotatable bonds is 3. The first-order valence-electron chi connectivity index (χ1n) is 6.36. The quantitative estimate of drug-likeness (QED) is 0.722. The first kappa shape index (κ1) is 12.4. The number of furan rings is 1. The Balaban J connectivity index is 1.93. The molecule has 0 atom stereocenters. The van der Waals surface area contributed by atoms with Crippen LogP contribution in [0.2, 0.25) is 0 Å². The average molecular weight is 265 g/mol. The van der Waals surface area contributed by atoms with Crippen molar-refractivity contribution >= 4 is 5.69 Å². The van der Waals surface area contributed by atoms with E-state index in [1.54, 1.807) is 7.11 Å². The van der Waals surface area contributed by atoms with Gasteiger partial charge in [0.25, 0.3) is 0 Å². The van der Waals surface area contributed by atoms with Gasteiger partial charge in [-0.2, -0.15) is 0 Å². The van der Waals surface area contributed by atoms with Crippen molar-refractivity contribution in [2.45, 2.75) is 0 Å². The third kappa shape index (κ3) is 2.38. The molecule has 0 amide bonds. The molecule has 1 aromatic heterocycles. The van der Waals surface area contributed by atoms with E-state index < -0.39 is 0 Å². The predicted octanol–water partition coefficient (Wildman–Crippen LogP) is 4.20. The predicted molar refractivity (Wildman–Crippen MR) is 80.5 cm³/mol. The maximum Gasteiger partial charge on any atom is 0.134 e.